The highest BCUT2D eigenvalue weighted by atomic mass is 16.5. The van der Waals surface area contributed by atoms with Crippen molar-refractivity contribution in [3.63, 3.8) is 0 Å². The van der Waals surface area contributed by atoms with Gasteiger partial charge in [-0.25, -0.2) is 9.78 Å². The van der Waals surface area contributed by atoms with Gasteiger partial charge in [-0.05, 0) is 62.0 Å². The molecule has 2 aliphatic carbocycles. The molecule has 0 saturated carbocycles. The summed E-state index contributed by atoms with van der Waals surface area (Å²) in [4.78, 5) is 41.4. The van der Waals surface area contributed by atoms with Gasteiger partial charge >= 0.3 is 11.9 Å². The molecule has 0 N–H and O–H groups in total. The number of esters is 2. The van der Waals surface area contributed by atoms with Crippen LogP contribution in [0.2, 0.25) is 0 Å². The van der Waals surface area contributed by atoms with Gasteiger partial charge in [-0.2, -0.15) is 0 Å². The van der Waals surface area contributed by atoms with Crippen molar-refractivity contribution in [2.75, 3.05) is 0 Å². The first-order chi connectivity index (χ1) is 16.1. The van der Waals surface area contributed by atoms with E-state index in [0.29, 0.717) is 30.4 Å². The summed E-state index contributed by atoms with van der Waals surface area (Å²) in [5.74, 6) is 0.0147. The fraction of sp³-hybridized carbons (Fsp3) is 0.556. The molecule has 0 bridgehead atoms. The molecule has 0 amide bonds. The average molecular weight is 469 g/mol. The molecule has 2 aliphatic rings. The van der Waals surface area contributed by atoms with E-state index in [-0.39, 0.29) is 24.0 Å². The maximum absolute atomic E-state index is 12.9. The number of nitrogens with zero attached hydrogens (tertiary/aromatic N) is 2. The predicted octanol–water partition coefficient (Wildman–Crippen LogP) is 4.44. The number of carbonyl (C=O) groups is 3. The number of Topliss-reactive ketones (excluding diaryl/α,β-unsaturated/α-hetero) is 1. The number of rotatable bonds is 5. The van der Waals surface area contributed by atoms with Crippen molar-refractivity contribution in [2.24, 2.45) is 30.7 Å². The number of ether oxygens (including phenoxy) is 2. The van der Waals surface area contributed by atoms with Gasteiger partial charge in [0.1, 0.15) is 6.10 Å². The van der Waals surface area contributed by atoms with Gasteiger partial charge in [-0.3, -0.25) is 9.59 Å². The third kappa shape index (κ3) is 6.78. The predicted molar refractivity (Wildman–Crippen MR) is 129 cm³/mol. The topological polar surface area (TPSA) is 87.5 Å². The van der Waals surface area contributed by atoms with Crippen molar-refractivity contribution in [3.05, 3.63) is 48.1 Å². The van der Waals surface area contributed by atoms with Gasteiger partial charge < -0.3 is 14.0 Å². The van der Waals surface area contributed by atoms with Gasteiger partial charge in [0, 0.05) is 32.7 Å². The molecule has 0 spiro atoms. The Morgan fingerprint density at radius 3 is 2.65 bits per heavy atom. The molecule has 0 aromatic carbocycles. The van der Waals surface area contributed by atoms with E-state index < -0.39 is 24.1 Å². The Labute approximate surface area is 201 Å². The fourth-order valence-electron chi connectivity index (χ4n) is 5.19. The molecule has 1 aromatic heterocycles. The summed E-state index contributed by atoms with van der Waals surface area (Å²) in [5.41, 5.74) is 1.91. The van der Waals surface area contributed by atoms with Crippen molar-refractivity contribution < 1.29 is 23.9 Å². The number of aryl methyl sites for hydroxylation is 1. The van der Waals surface area contributed by atoms with E-state index in [2.05, 4.69) is 31.8 Å². The number of allylic oxidation sites excluding steroid dienone is 3. The molecule has 0 aliphatic heterocycles. The molecule has 1 heterocycles. The van der Waals surface area contributed by atoms with Crippen LogP contribution in [0.4, 0.5) is 0 Å². The number of ketones is 1. The summed E-state index contributed by atoms with van der Waals surface area (Å²) in [7, 11) is 1.86. The van der Waals surface area contributed by atoms with Crippen LogP contribution in [0, 0.1) is 23.7 Å². The van der Waals surface area contributed by atoms with Crippen molar-refractivity contribution in [2.45, 2.75) is 65.6 Å². The number of carbonyl (C=O) groups excluding carboxylic acids is 3. The second kappa shape index (κ2) is 11.4. The highest BCUT2D eigenvalue weighted by molar-refractivity contribution is 5.87. The zero-order valence-electron chi connectivity index (χ0n) is 20.8. The first-order valence-corrected chi connectivity index (χ1v) is 12.0. The van der Waals surface area contributed by atoms with E-state index in [4.69, 9.17) is 9.47 Å². The minimum atomic E-state index is -0.748. The molecule has 34 heavy (non-hydrogen) atoms. The van der Waals surface area contributed by atoms with Crippen molar-refractivity contribution in [1.82, 2.24) is 9.55 Å². The molecular formula is C27H36N2O5. The van der Waals surface area contributed by atoms with Crippen LogP contribution in [0.1, 0.15) is 59.1 Å². The van der Waals surface area contributed by atoms with Crippen LogP contribution in [-0.2, 0) is 30.9 Å². The number of aromatic nitrogens is 2. The normalized spacial score (nSPS) is 27.9. The van der Waals surface area contributed by atoms with Crippen LogP contribution in [0.5, 0.6) is 0 Å². The summed E-state index contributed by atoms with van der Waals surface area (Å²) in [6.45, 7) is 7.83. The quantitative estimate of drug-likeness (QED) is 0.361. The zero-order chi connectivity index (χ0) is 24.8. The Morgan fingerprint density at radius 1 is 1.24 bits per heavy atom. The second-order valence-electron chi connectivity index (χ2n) is 9.80. The van der Waals surface area contributed by atoms with E-state index in [1.54, 1.807) is 29.1 Å². The summed E-state index contributed by atoms with van der Waals surface area (Å²) in [6.07, 6.45) is 13.2. The molecule has 3 rings (SSSR count). The number of imidazole rings is 1. The highest BCUT2D eigenvalue weighted by Gasteiger charge is 2.40. The van der Waals surface area contributed by atoms with Gasteiger partial charge in [0.05, 0.1) is 12.0 Å². The van der Waals surface area contributed by atoms with Gasteiger partial charge in [-0.15, -0.1) is 0 Å². The largest absolute Gasteiger partial charge is 0.455 e. The van der Waals surface area contributed by atoms with E-state index >= 15 is 0 Å². The molecule has 0 radical (unpaired) electrons. The minimum Gasteiger partial charge on any atom is -0.455 e. The Balaban J connectivity index is 1.85. The maximum atomic E-state index is 12.9. The molecule has 7 heteroatoms. The standard InChI is InChI=1S/C27H36N2O5/c1-17(2)22-11-9-18(3)23-13-21(34-27(32)12-10-20-15-29(5)16-28-20)7-6-8-25(31)26(14-24(22)23)33-19(4)30/h6-7,9-10,12,15-17,21-24,26H,8,11,13-14H2,1-5H3/t21-,22-,23+,24-,26-/m1/s1. The fourth-order valence-corrected chi connectivity index (χ4v) is 5.19. The lowest BCUT2D eigenvalue weighted by molar-refractivity contribution is -0.154. The number of hydrogen-bond acceptors (Lipinski definition) is 6. The lowest BCUT2D eigenvalue weighted by atomic mass is 9.64. The summed E-state index contributed by atoms with van der Waals surface area (Å²) in [6, 6.07) is 0. The lowest BCUT2D eigenvalue weighted by Crippen LogP contribution is -2.39. The Kier molecular flexibility index (Phi) is 8.64. The molecule has 5 atom stereocenters. The molecule has 184 valence electrons. The van der Waals surface area contributed by atoms with Crippen molar-refractivity contribution in [3.8, 4) is 0 Å². The van der Waals surface area contributed by atoms with Crippen LogP contribution >= 0.6 is 0 Å². The average Bonchev–Trinajstić information content (AvgIpc) is 3.18. The summed E-state index contributed by atoms with van der Waals surface area (Å²) in [5, 5.41) is 0. The van der Waals surface area contributed by atoms with Gasteiger partial charge in [-0.1, -0.05) is 31.6 Å². The van der Waals surface area contributed by atoms with Gasteiger partial charge in [0.15, 0.2) is 11.9 Å². The number of hydrogen-bond donors (Lipinski definition) is 0. The van der Waals surface area contributed by atoms with Gasteiger partial charge in [0.2, 0.25) is 0 Å². The number of fused-ring (bicyclic) bond motifs is 1. The molecule has 0 unspecified atom stereocenters. The second-order valence-corrected chi connectivity index (χ2v) is 9.80. The van der Waals surface area contributed by atoms with Crippen LogP contribution in [-0.4, -0.2) is 39.5 Å². The van der Waals surface area contributed by atoms with E-state index in [1.807, 2.05) is 13.2 Å². The summed E-state index contributed by atoms with van der Waals surface area (Å²) < 4.78 is 13.1. The monoisotopic (exact) mass is 468 g/mol. The smallest absolute Gasteiger partial charge is 0.331 e. The van der Waals surface area contributed by atoms with Crippen molar-refractivity contribution in [1.29, 1.82) is 0 Å². The van der Waals surface area contributed by atoms with Crippen LogP contribution < -0.4 is 0 Å². The molecule has 0 fully saturated rings. The Morgan fingerprint density at radius 2 is 2.00 bits per heavy atom. The summed E-state index contributed by atoms with van der Waals surface area (Å²) >= 11 is 0. The maximum Gasteiger partial charge on any atom is 0.331 e. The van der Waals surface area contributed by atoms with Crippen LogP contribution in [0.3, 0.4) is 0 Å². The molecular weight excluding hydrogens is 432 g/mol. The lowest BCUT2D eigenvalue weighted by Gasteiger charge is -2.42. The van der Waals surface area contributed by atoms with E-state index in [1.165, 1.54) is 18.6 Å². The SMILES string of the molecule is CC(=O)O[C@@H]1C[C@@H]2[C@@H](C(C)C)CC=C(C)[C@@H]2C[C@H](OC(=O)C=Cc2cn(C)cn2)C=CCC1=O. The first kappa shape index (κ1) is 25.7. The zero-order valence-corrected chi connectivity index (χ0v) is 20.8. The Hall–Kier alpha value is -2.96. The van der Waals surface area contributed by atoms with Gasteiger partial charge in [0.25, 0.3) is 0 Å². The molecule has 7 nitrogen and oxygen atoms in total. The first-order valence-electron chi connectivity index (χ1n) is 12.0. The molecule has 1 aromatic rings. The van der Waals surface area contributed by atoms with Crippen molar-refractivity contribution >= 4 is 23.8 Å². The van der Waals surface area contributed by atoms with Crippen LogP contribution in [0.15, 0.2) is 42.4 Å². The molecule has 0 saturated heterocycles. The third-order valence-corrected chi connectivity index (χ3v) is 6.91. The van der Waals surface area contributed by atoms with E-state index in [0.717, 1.165) is 6.42 Å². The highest BCUT2D eigenvalue weighted by Crippen LogP contribution is 2.44. The van der Waals surface area contributed by atoms with Crippen LogP contribution in [0.25, 0.3) is 6.08 Å². The Bertz CT molecular complexity index is 987. The third-order valence-electron chi connectivity index (χ3n) is 6.91. The minimum absolute atomic E-state index is 0.118. The van der Waals surface area contributed by atoms with E-state index in [9.17, 15) is 14.4 Å².